The number of nitrogens with zero attached hydrogens (tertiary/aromatic N) is 1. The van der Waals surface area contributed by atoms with Gasteiger partial charge in [-0.15, -0.1) is 0 Å². The third-order valence-corrected chi connectivity index (χ3v) is 4.20. The Labute approximate surface area is 120 Å². The predicted molar refractivity (Wildman–Crippen MR) is 77.4 cm³/mol. The molecule has 0 bridgehead atoms. The summed E-state index contributed by atoms with van der Waals surface area (Å²) < 4.78 is 13.6. The molecule has 1 fully saturated rings. The van der Waals surface area contributed by atoms with Crippen LogP contribution in [0.3, 0.4) is 0 Å². The first-order chi connectivity index (χ1) is 9.58. The summed E-state index contributed by atoms with van der Waals surface area (Å²) in [6.45, 7) is 0.313. The summed E-state index contributed by atoms with van der Waals surface area (Å²) >= 11 is 0. The van der Waals surface area contributed by atoms with E-state index < -0.39 is 0 Å². The van der Waals surface area contributed by atoms with Gasteiger partial charge >= 0.3 is 0 Å². The molecule has 3 nitrogen and oxygen atoms in total. The van der Waals surface area contributed by atoms with E-state index in [0.29, 0.717) is 18.5 Å². The first-order valence-corrected chi connectivity index (χ1v) is 7.31. The lowest BCUT2D eigenvalue weighted by Crippen LogP contribution is -2.37. The van der Waals surface area contributed by atoms with Crippen LogP contribution in [-0.2, 0) is 11.3 Å². The van der Waals surface area contributed by atoms with Crippen LogP contribution in [-0.4, -0.2) is 23.9 Å². The van der Waals surface area contributed by atoms with Crippen molar-refractivity contribution in [2.24, 2.45) is 11.7 Å². The van der Waals surface area contributed by atoms with E-state index in [1.165, 1.54) is 6.07 Å². The summed E-state index contributed by atoms with van der Waals surface area (Å²) in [4.78, 5) is 13.8. The van der Waals surface area contributed by atoms with Gasteiger partial charge in [0.25, 0.3) is 0 Å². The lowest BCUT2D eigenvalue weighted by atomic mass is 9.83. The van der Waals surface area contributed by atoms with Crippen LogP contribution in [0.5, 0.6) is 0 Å². The molecule has 0 heterocycles. The highest BCUT2D eigenvalue weighted by Crippen LogP contribution is 2.26. The number of amides is 1. The molecule has 0 spiro atoms. The molecule has 1 aromatic carbocycles. The zero-order valence-corrected chi connectivity index (χ0v) is 12.0. The van der Waals surface area contributed by atoms with Gasteiger partial charge in [-0.3, -0.25) is 4.79 Å². The monoisotopic (exact) mass is 278 g/mol. The molecule has 2 N–H and O–H groups in total. The van der Waals surface area contributed by atoms with Gasteiger partial charge in [0, 0.05) is 31.6 Å². The minimum atomic E-state index is -0.262. The van der Waals surface area contributed by atoms with E-state index in [9.17, 15) is 9.18 Å². The molecular weight excluding hydrogens is 255 g/mol. The van der Waals surface area contributed by atoms with Crippen molar-refractivity contribution in [3.05, 3.63) is 35.6 Å². The number of benzene rings is 1. The number of carbonyl (C=O) groups is 1. The summed E-state index contributed by atoms with van der Waals surface area (Å²) in [6, 6.07) is 6.71. The van der Waals surface area contributed by atoms with Gasteiger partial charge in [0.1, 0.15) is 5.82 Å². The molecule has 1 aliphatic rings. The fourth-order valence-corrected chi connectivity index (χ4v) is 2.84. The quantitative estimate of drug-likeness (QED) is 0.920. The Morgan fingerprint density at radius 1 is 1.35 bits per heavy atom. The Morgan fingerprint density at radius 2 is 2.05 bits per heavy atom. The van der Waals surface area contributed by atoms with Crippen LogP contribution in [0.2, 0.25) is 0 Å². The topological polar surface area (TPSA) is 46.3 Å². The second-order valence-corrected chi connectivity index (χ2v) is 5.75. The van der Waals surface area contributed by atoms with Gasteiger partial charge in [0.05, 0.1) is 0 Å². The summed E-state index contributed by atoms with van der Waals surface area (Å²) in [6.07, 6.45) is 4.83. The van der Waals surface area contributed by atoms with Crippen molar-refractivity contribution in [3.63, 3.8) is 0 Å². The van der Waals surface area contributed by atoms with Gasteiger partial charge < -0.3 is 10.6 Å². The lowest BCUT2D eigenvalue weighted by molar-refractivity contribution is -0.131. The first kappa shape index (κ1) is 15.0. The van der Waals surface area contributed by atoms with Gasteiger partial charge in [-0.1, -0.05) is 31.0 Å². The molecule has 2 atom stereocenters. The third kappa shape index (κ3) is 3.79. The number of rotatable bonds is 4. The zero-order chi connectivity index (χ0) is 14.5. The summed E-state index contributed by atoms with van der Waals surface area (Å²) in [5.41, 5.74) is 6.63. The van der Waals surface area contributed by atoms with Gasteiger partial charge in [0.2, 0.25) is 5.91 Å². The molecule has 1 saturated carbocycles. The van der Waals surface area contributed by atoms with Crippen LogP contribution in [0.25, 0.3) is 0 Å². The number of nitrogens with two attached hydrogens (primary N) is 1. The van der Waals surface area contributed by atoms with E-state index in [1.807, 2.05) is 0 Å². The Kier molecular flexibility index (Phi) is 5.12. The van der Waals surface area contributed by atoms with Crippen LogP contribution in [0.15, 0.2) is 24.3 Å². The highest BCUT2D eigenvalue weighted by molar-refractivity contribution is 5.76. The van der Waals surface area contributed by atoms with Crippen molar-refractivity contribution in [3.8, 4) is 0 Å². The molecule has 4 heteroatoms. The second-order valence-electron chi connectivity index (χ2n) is 5.75. The van der Waals surface area contributed by atoms with Crippen molar-refractivity contribution in [2.45, 2.75) is 44.7 Å². The molecule has 2 rings (SSSR count). The van der Waals surface area contributed by atoms with Crippen molar-refractivity contribution in [1.29, 1.82) is 0 Å². The van der Waals surface area contributed by atoms with Gasteiger partial charge in [-0.25, -0.2) is 4.39 Å². The number of halogens is 1. The number of hydrogen-bond acceptors (Lipinski definition) is 2. The highest BCUT2D eigenvalue weighted by atomic mass is 19.1. The summed E-state index contributed by atoms with van der Waals surface area (Å²) in [7, 11) is 1.73. The fourth-order valence-electron chi connectivity index (χ4n) is 2.84. The third-order valence-electron chi connectivity index (χ3n) is 4.20. The van der Waals surface area contributed by atoms with E-state index in [4.69, 9.17) is 5.73 Å². The highest BCUT2D eigenvalue weighted by Gasteiger charge is 2.25. The summed E-state index contributed by atoms with van der Waals surface area (Å²) in [5, 5.41) is 0. The zero-order valence-electron chi connectivity index (χ0n) is 12.0. The maximum Gasteiger partial charge on any atom is 0.222 e. The standard InChI is InChI=1S/C16H23FN2O/c1-19(11-13-7-2-4-8-14(13)17)16(20)10-12-6-3-5-9-15(12)18/h2,4,7-8,12,15H,3,5-6,9-11,18H2,1H3. The van der Waals surface area contributed by atoms with Crippen LogP contribution >= 0.6 is 0 Å². The molecule has 0 radical (unpaired) electrons. The minimum absolute atomic E-state index is 0.0515. The van der Waals surface area contributed by atoms with E-state index in [0.717, 1.165) is 25.7 Å². The van der Waals surface area contributed by atoms with E-state index in [2.05, 4.69) is 0 Å². The smallest absolute Gasteiger partial charge is 0.222 e. The minimum Gasteiger partial charge on any atom is -0.341 e. The molecule has 0 aromatic heterocycles. The molecule has 20 heavy (non-hydrogen) atoms. The predicted octanol–water partition coefficient (Wildman–Crippen LogP) is 2.69. The van der Waals surface area contributed by atoms with Crippen molar-refractivity contribution in [2.75, 3.05) is 7.05 Å². The van der Waals surface area contributed by atoms with Crippen LogP contribution in [0, 0.1) is 11.7 Å². The summed E-state index contributed by atoms with van der Waals surface area (Å²) in [5.74, 6) is 0.0661. The van der Waals surface area contributed by atoms with Crippen molar-refractivity contribution >= 4 is 5.91 Å². The lowest BCUT2D eigenvalue weighted by Gasteiger charge is -2.29. The van der Waals surface area contributed by atoms with Crippen LogP contribution in [0.4, 0.5) is 4.39 Å². The average molecular weight is 278 g/mol. The average Bonchev–Trinajstić information content (AvgIpc) is 2.43. The fraction of sp³-hybridized carbons (Fsp3) is 0.562. The maximum absolute atomic E-state index is 13.6. The molecule has 1 aromatic rings. The normalized spacial score (nSPS) is 22.6. The Morgan fingerprint density at radius 3 is 2.75 bits per heavy atom. The maximum atomic E-state index is 13.6. The molecule has 2 unspecified atom stereocenters. The Balaban J connectivity index is 1.90. The van der Waals surface area contributed by atoms with Gasteiger partial charge in [0.15, 0.2) is 0 Å². The molecule has 0 aliphatic heterocycles. The van der Waals surface area contributed by atoms with E-state index in [1.54, 1.807) is 30.1 Å². The molecule has 1 amide bonds. The van der Waals surface area contributed by atoms with E-state index >= 15 is 0 Å². The first-order valence-electron chi connectivity index (χ1n) is 7.31. The second kappa shape index (κ2) is 6.84. The number of carbonyl (C=O) groups excluding carboxylic acids is 1. The molecular formula is C16H23FN2O. The molecule has 110 valence electrons. The van der Waals surface area contributed by atoms with Gasteiger partial charge in [-0.2, -0.15) is 0 Å². The number of hydrogen-bond donors (Lipinski definition) is 1. The van der Waals surface area contributed by atoms with Crippen molar-refractivity contribution < 1.29 is 9.18 Å². The van der Waals surface area contributed by atoms with E-state index in [-0.39, 0.29) is 23.7 Å². The van der Waals surface area contributed by atoms with Crippen molar-refractivity contribution in [1.82, 2.24) is 4.90 Å². The SMILES string of the molecule is CN(Cc1ccccc1F)C(=O)CC1CCCCC1N. The molecule has 0 saturated heterocycles. The largest absolute Gasteiger partial charge is 0.341 e. The Hall–Kier alpha value is -1.42. The van der Waals surface area contributed by atoms with Crippen LogP contribution < -0.4 is 5.73 Å². The van der Waals surface area contributed by atoms with Gasteiger partial charge in [-0.05, 0) is 24.8 Å². The molecule has 1 aliphatic carbocycles. The Bertz CT molecular complexity index is 464. The van der Waals surface area contributed by atoms with Crippen LogP contribution in [0.1, 0.15) is 37.7 Å².